The summed E-state index contributed by atoms with van der Waals surface area (Å²) in [5, 5.41) is 10.5. The molecular formula is C21H21N3O2S. The van der Waals surface area contributed by atoms with Gasteiger partial charge in [-0.05, 0) is 54.6 Å². The molecule has 0 spiro atoms. The zero-order valence-electron chi connectivity index (χ0n) is 15.0. The summed E-state index contributed by atoms with van der Waals surface area (Å²) in [6.45, 7) is 1.92. The first-order valence-electron chi connectivity index (χ1n) is 8.66. The third-order valence-corrected chi connectivity index (χ3v) is 4.92. The van der Waals surface area contributed by atoms with Gasteiger partial charge in [0.25, 0.3) is 0 Å². The maximum Gasteiger partial charge on any atom is 0.323 e. The fourth-order valence-corrected chi connectivity index (χ4v) is 3.26. The van der Waals surface area contributed by atoms with Crippen molar-refractivity contribution in [1.29, 1.82) is 0 Å². The molecule has 138 valence electrons. The molecule has 27 heavy (non-hydrogen) atoms. The molecule has 3 N–H and O–H groups in total. The Balaban J connectivity index is 1.58. The summed E-state index contributed by atoms with van der Waals surface area (Å²) < 4.78 is 0. The van der Waals surface area contributed by atoms with Crippen LogP contribution < -0.4 is 16.0 Å². The highest BCUT2D eigenvalue weighted by Crippen LogP contribution is 2.21. The van der Waals surface area contributed by atoms with Gasteiger partial charge in [-0.25, -0.2) is 4.79 Å². The van der Waals surface area contributed by atoms with Gasteiger partial charge in [0, 0.05) is 28.4 Å². The number of aryl methyl sites for hydroxylation is 2. The lowest BCUT2D eigenvalue weighted by Crippen LogP contribution is -2.19. The van der Waals surface area contributed by atoms with Crippen molar-refractivity contribution < 1.29 is 9.59 Å². The molecule has 0 fully saturated rings. The van der Waals surface area contributed by atoms with Gasteiger partial charge in [-0.3, -0.25) is 4.79 Å². The predicted octanol–water partition coefficient (Wildman–Crippen LogP) is 5.27. The molecule has 1 aromatic heterocycles. The Kier molecular flexibility index (Phi) is 6.22. The summed E-state index contributed by atoms with van der Waals surface area (Å²) >= 11 is 1.65. The van der Waals surface area contributed by atoms with E-state index in [1.54, 1.807) is 23.5 Å². The van der Waals surface area contributed by atoms with Crippen molar-refractivity contribution in [3.05, 3.63) is 76.5 Å². The van der Waals surface area contributed by atoms with Crippen LogP contribution in [0.2, 0.25) is 0 Å². The second kappa shape index (κ2) is 9.00. The van der Waals surface area contributed by atoms with Crippen LogP contribution in [0.5, 0.6) is 0 Å². The van der Waals surface area contributed by atoms with Crippen LogP contribution in [-0.4, -0.2) is 11.9 Å². The molecule has 3 rings (SSSR count). The van der Waals surface area contributed by atoms with Crippen LogP contribution in [0.3, 0.4) is 0 Å². The van der Waals surface area contributed by atoms with Crippen molar-refractivity contribution in [2.75, 3.05) is 16.0 Å². The topological polar surface area (TPSA) is 70.2 Å². The van der Waals surface area contributed by atoms with Gasteiger partial charge in [0.15, 0.2) is 0 Å². The van der Waals surface area contributed by atoms with E-state index >= 15 is 0 Å². The Morgan fingerprint density at radius 2 is 1.67 bits per heavy atom. The monoisotopic (exact) mass is 379 g/mol. The molecule has 0 unspecified atom stereocenters. The number of carbonyl (C=O) groups is 2. The maximum absolute atomic E-state index is 12.2. The predicted molar refractivity (Wildman–Crippen MR) is 112 cm³/mol. The zero-order valence-corrected chi connectivity index (χ0v) is 15.8. The smallest absolute Gasteiger partial charge is 0.323 e. The number of hydrogen-bond acceptors (Lipinski definition) is 3. The van der Waals surface area contributed by atoms with Crippen LogP contribution in [-0.2, 0) is 11.2 Å². The normalized spacial score (nSPS) is 10.3. The van der Waals surface area contributed by atoms with Gasteiger partial charge in [0.05, 0.1) is 0 Å². The van der Waals surface area contributed by atoms with Gasteiger partial charge in [-0.2, -0.15) is 0 Å². The number of benzene rings is 2. The van der Waals surface area contributed by atoms with Crippen molar-refractivity contribution in [2.24, 2.45) is 0 Å². The van der Waals surface area contributed by atoms with Crippen LogP contribution >= 0.6 is 11.3 Å². The first-order chi connectivity index (χ1) is 13.1. The summed E-state index contributed by atoms with van der Waals surface area (Å²) in [5.74, 6) is -0.0441. The Bertz CT molecular complexity index is 908. The van der Waals surface area contributed by atoms with E-state index in [1.165, 1.54) is 4.88 Å². The number of anilines is 3. The first kappa shape index (κ1) is 18.7. The zero-order chi connectivity index (χ0) is 19.1. The average molecular weight is 379 g/mol. The summed E-state index contributed by atoms with van der Waals surface area (Å²) in [7, 11) is 0. The van der Waals surface area contributed by atoms with Crippen LogP contribution in [0.4, 0.5) is 21.9 Å². The van der Waals surface area contributed by atoms with E-state index in [9.17, 15) is 9.59 Å². The highest BCUT2D eigenvalue weighted by molar-refractivity contribution is 7.09. The number of hydrogen-bond donors (Lipinski definition) is 3. The molecule has 0 bridgehead atoms. The third kappa shape index (κ3) is 5.69. The Labute approximate surface area is 162 Å². The van der Waals surface area contributed by atoms with Gasteiger partial charge in [-0.1, -0.05) is 30.3 Å². The lowest BCUT2D eigenvalue weighted by molar-refractivity contribution is -0.116. The minimum absolute atomic E-state index is 0.0441. The molecule has 0 radical (unpaired) electrons. The van der Waals surface area contributed by atoms with Crippen LogP contribution in [0.1, 0.15) is 16.9 Å². The van der Waals surface area contributed by atoms with Crippen LogP contribution in [0.25, 0.3) is 0 Å². The number of para-hydroxylation sites is 1. The Morgan fingerprint density at radius 1 is 0.889 bits per heavy atom. The number of carbonyl (C=O) groups excluding carboxylic acids is 2. The number of amides is 3. The molecule has 2 aromatic carbocycles. The van der Waals surface area contributed by atoms with E-state index in [1.807, 2.05) is 60.8 Å². The van der Waals surface area contributed by atoms with Crippen molar-refractivity contribution in [1.82, 2.24) is 0 Å². The van der Waals surface area contributed by atoms with E-state index in [-0.39, 0.29) is 11.9 Å². The van der Waals surface area contributed by atoms with Crippen molar-refractivity contribution in [3.8, 4) is 0 Å². The molecule has 5 nitrogen and oxygen atoms in total. The molecule has 0 atom stereocenters. The van der Waals surface area contributed by atoms with Gasteiger partial charge in [-0.15, -0.1) is 11.3 Å². The van der Waals surface area contributed by atoms with Gasteiger partial charge < -0.3 is 16.0 Å². The standard InChI is InChI=1S/C21H21N3O2S/c1-15-9-10-17(23-21(26)22-16-6-3-2-4-7-16)14-19(15)24-20(25)12-11-18-8-5-13-27-18/h2-10,13-14H,11-12H2,1H3,(H,24,25)(H2,22,23,26). The molecule has 0 aliphatic heterocycles. The van der Waals surface area contributed by atoms with Crippen LogP contribution in [0, 0.1) is 6.92 Å². The molecule has 0 saturated heterocycles. The SMILES string of the molecule is Cc1ccc(NC(=O)Nc2ccccc2)cc1NC(=O)CCc1cccs1. The van der Waals surface area contributed by atoms with E-state index in [2.05, 4.69) is 16.0 Å². The minimum Gasteiger partial charge on any atom is -0.326 e. The largest absolute Gasteiger partial charge is 0.326 e. The highest BCUT2D eigenvalue weighted by atomic mass is 32.1. The van der Waals surface area contributed by atoms with Gasteiger partial charge in [0.2, 0.25) is 5.91 Å². The summed E-state index contributed by atoms with van der Waals surface area (Å²) in [6, 6.07) is 18.3. The molecule has 0 saturated carbocycles. The average Bonchev–Trinajstić information content (AvgIpc) is 3.17. The third-order valence-electron chi connectivity index (χ3n) is 3.98. The maximum atomic E-state index is 12.2. The van der Waals surface area contributed by atoms with E-state index in [4.69, 9.17) is 0 Å². The molecular weight excluding hydrogens is 358 g/mol. The lowest BCUT2D eigenvalue weighted by Gasteiger charge is -2.12. The fourth-order valence-electron chi connectivity index (χ4n) is 2.55. The number of rotatable bonds is 6. The molecule has 3 amide bonds. The molecule has 0 aliphatic carbocycles. The second-order valence-electron chi connectivity index (χ2n) is 6.10. The Morgan fingerprint density at radius 3 is 2.41 bits per heavy atom. The summed E-state index contributed by atoms with van der Waals surface area (Å²) in [6.07, 6.45) is 1.14. The number of nitrogens with one attached hydrogen (secondary N) is 3. The Hall–Kier alpha value is -3.12. The number of thiophene rings is 1. The lowest BCUT2D eigenvalue weighted by atomic mass is 10.1. The van der Waals surface area contributed by atoms with Gasteiger partial charge in [0.1, 0.15) is 0 Å². The molecule has 3 aromatic rings. The van der Waals surface area contributed by atoms with E-state index < -0.39 is 0 Å². The van der Waals surface area contributed by atoms with Crippen LogP contribution in [0.15, 0.2) is 66.0 Å². The second-order valence-corrected chi connectivity index (χ2v) is 7.13. The molecule has 1 heterocycles. The summed E-state index contributed by atoms with van der Waals surface area (Å²) in [5.41, 5.74) is 2.96. The molecule has 0 aliphatic rings. The minimum atomic E-state index is -0.333. The first-order valence-corrected chi connectivity index (χ1v) is 9.54. The van der Waals surface area contributed by atoms with Gasteiger partial charge >= 0.3 is 6.03 Å². The molecule has 6 heteroatoms. The fraction of sp³-hybridized carbons (Fsp3) is 0.143. The van der Waals surface area contributed by atoms with Crippen molar-refractivity contribution >= 4 is 40.3 Å². The highest BCUT2D eigenvalue weighted by Gasteiger charge is 2.08. The summed E-state index contributed by atoms with van der Waals surface area (Å²) in [4.78, 5) is 25.5. The van der Waals surface area contributed by atoms with Crippen molar-refractivity contribution in [3.63, 3.8) is 0 Å². The number of urea groups is 1. The quantitative estimate of drug-likeness (QED) is 0.546. The van der Waals surface area contributed by atoms with E-state index in [0.717, 1.165) is 12.0 Å². The van der Waals surface area contributed by atoms with E-state index in [0.29, 0.717) is 23.5 Å². The van der Waals surface area contributed by atoms with Crippen molar-refractivity contribution in [2.45, 2.75) is 19.8 Å².